The zero-order valence-electron chi connectivity index (χ0n) is 6.83. The molecular weight excluding hydrogens is 162 g/mol. The van der Waals surface area contributed by atoms with Gasteiger partial charge in [-0.3, -0.25) is 4.79 Å². The number of thiocyanates is 1. The van der Waals surface area contributed by atoms with Crippen molar-refractivity contribution in [1.29, 1.82) is 5.26 Å². The molecule has 0 aromatic carbocycles. The summed E-state index contributed by atoms with van der Waals surface area (Å²) in [6, 6.07) is 0. The number of hydrogen-bond acceptors (Lipinski definition) is 4. The highest BCUT2D eigenvalue weighted by molar-refractivity contribution is 8.04. The lowest BCUT2D eigenvalue weighted by Gasteiger charge is -2.12. The van der Waals surface area contributed by atoms with Gasteiger partial charge in [-0.1, -0.05) is 13.8 Å². The van der Waals surface area contributed by atoms with Crippen LogP contribution in [0.15, 0.2) is 0 Å². The Morgan fingerprint density at radius 1 is 1.64 bits per heavy atom. The molecule has 0 heterocycles. The van der Waals surface area contributed by atoms with Gasteiger partial charge in [-0.15, -0.1) is 0 Å². The van der Waals surface area contributed by atoms with Gasteiger partial charge in [-0.2, -0.15) is 5.26 Å². The largest absolute Gasteiger partial charge is 0.468 e. The summed E-state index contributed by atoms with van der Waals surface area (Å²) >= 11 is 0.948. The van der Waals surface area contributed by atoms with Crippen LogP contribution in [0, 0.1) is 16.6 Å². The first-order chi connectivity index (χ1) is 5.13. The molecule has 4 heteroatoms. The van der Waals surface area contributed by atoms with Crippen LogP contribution in [-0.2, 0) is 9.53 Å². The number of thioether (sulfide) groups is 1. The van der Waals surface area contributed by atoms with Crippen molar-refractivity contribution in [3.8, 4) is 5.40 Å². The summed E-state index contributed by atoms with van der Waals surface area (Å²) < 4.78 is 4.52. The molecule has 0 aliphatic rings. The Hall–Kier alpha value is -0.690. The Morgan fingerprint density at radius 2 is 2.18 bits per heavy atom. The summed E-state index contributed by atoms with van der Waals surface area (Å²) in [6.45, 7) is 3.76. The summed E-state index contributed by atoms with van der Waals surface area (Å²) in [5.74, 6) is -0.196. The number of esters is 1. The van der Waals surface area contributed by atoms with Gasteiger partial charge >= 0.3 is 5.97 Å². The summed E-state index contributed by atoms with van der Waals surface area (Å²) in [4.78, 5) is 10.9. The van der Waals surface area contributed by atoms with Crippen molar-refractivity contribution in [2.75, 3.05) is 7.11 Å². The SMILES string of the molecule is COC(=O)C(SC#N)C(C)C. The lowest BCUT2D eigenvalue weighted by atomic mass is 10.1. The second-order valence-electron chi connectivity index (χ2n) is 2.40. The van der Waals surface area contributed by atoms with E-state index in [4.69, 9.17) is 5.26 Å². The first-order valence-corrected chi connectivity index (χ1v) is 4.14. The highest BCUT2D eigenvalue weighted by Crippen LogP contribution is 2.19. The fourth-order valence-electron chi connectivity index (χ4n) is 0.629. The van der Waals surface area contributed by atoms with Gasteiger partial charge in [-0.25, -0.2) is 0 Å². The molecule has 1 unspecified atom stereocenters. The minimum Gasteiger partial charge on any atom is -0.468 e. The number of rotatable bonds is 3. The van der Waals surface area contributed by atoms with Crippen LogP contribution < -0.4 is 0 Å². The fraction of sp³-hybridized carbons (Fsp3) is 0.714. The van der Waals surface area contributed by atoms with Crippen molar-refractivity contribution < 1.29 is 9.53 Å². The van der Waals surface area contributed by atoms with Crippen molar-refractivity contribution >= 4 is 17.7 Å². The van der Waals surface area contributed by atoms with Crippen LogP contribution in [-0.4, -0.2) is 18.3 Å². The number of hydrogen-bond donors (Lipinski definition) is 0. The van der Waals surface area contributed by atoms with E-state index in [1.807, 2.05) is 19.2 Å². The molecule has 62 valence electrons. The number of ether oxygens (including phenoxy) is 1. The summed E-state index contributed by atoms with van der Waals surface area (Å²) in [5.41, 5.74) is 0. The van der Waals surface area contributed by atoms with Crippen molar-refractivity contribution in [2.24, 2.45) is 5.92 Å². The molecule has 11 heavy (non-hydrogen) atoms. The zero-order valence-corrected chi connectivity index (χ0v) is 7.64. The topological polar surface area (TPSA) is 50.1 Å². The molecule has 0 aromatic heterocycles. The van der Waals surface area contributed by atoms with Crippen LogP contribution in [0.1, 0.15) is 13.8 Å². The molecule has 0 aliphatic carbocycles. The Labute approximate surface area is 70.7 Å². The van der Waals surface area contributed by atoms with Gasteiger partial charge in [0.05, 0.1) is 7.11 Å². The second kappa shape index (κ2) is 5.03. The Bertz CT molecular complexity index is 174. The van der Waals surface area contributed by atoms with E-state index < -0.39 is 0 Å². The minimum atomic E-state index is -0.356. The van der Waals surface area contributed by atoms with Gasteiger partial charge in [-0.05, 0) is 17.7 Å². The number of carbonyl (C=O) groups is 1. The lowest BCUT2D eigenvalue weighted by molar-refractivity contribution is -0.140. The molecule has 0 spiro atoms. The molecule has 0 bridgehead atoms. The van der Waals surface area contributed by atoms with Gasteiger partial charge < -0.3 is 4.74 Å². The van der Waals surface area contributed by atoms with E-state index in [1.165, 1.54) is 7.11 Å². The summed E-state index contributed by atoms with van der Waals surface area (Å²) in [6.07, 6.45) is 0. The maximum atomic E-state index is 10.9. The molecule has 0 N–H and O–H groups in total. The highest BCUT2D eigenvalue weighted by atomic mass is 32.2. The van der Waals surface area contributed by atoms with Crippen LogP contribution in [0.5, 0.6) is 0 Å². The standard InChI is InChI=1S/C7H11NO2S/c1-5(2)6(11-4-8)7(9)10-3/h5-6H,1-3H3. The van der Waals surface area contributed by atoms with E-state index in [9.17, 15) is 4.79 Å². The zero-order chi connectivity index (χ0) is 8.85. The molecule has 0 saturated carbocycles. The highest BCUT2D eigenvalue weighted by Gasteiger charge is 2.23. The number of carbonyl (C=O) groups excluding carboxylic acids is 1. The Balaban J connectivity index is 4.12. The van der Waals surface area contributed by atoms with Crippen LogP contribution in [0.4, 0.5) is 0 Å². The van der Waals surface area contributed by atoms with E-state index in [0.717, 1.165) is 11.8 Å². The van der Waals surface area contributed by atoms with Gasteiger partial charge in [0.2, 0.25) is 0 Å². The first kappa shape index (κ1) is 10.3. The maximum absolute atomic E-state index is 10.9. The van der Waals surface area contributed by atoms with Crippen LogP contribution in [0.2, 0.25) is 0 Å². The number of methoxy groups -OCH3 is 1. The predicted octanol–water partition coefficient (Wildman–Crippen LogP) is 1.40. The molecule has 3 nitrogen and oxygen atoms in total. The molecular formula is C7H11NO2S. The van der Waals surface area contributed by atoms with Gasteiger partial charge in [0.25, 0.3) is 0 Å². The predicted molar refractivity (Wildman–Crippen MR) is 43.8 cm³/mol. The Morgan fingerprint density at radius 3 is 2.45 bits per heavy atom. The smallest absolute Gasteiger partial charge is 0.320 e. The van der Waals surface area contributed by atoms with Crippen molar-refractivity contribution in [1.82, 2.24) is 0 Å². The van der Waals surface area contributed by atoms with Crippen LogP contribution in [0.25, 0.3) is 0 Å². The molecule has 0 aromatic rings. The lowest BCUT2D eigenvalue weighted by Crippen LogP contribution is -2.23. The molecule has 0 saturated heterocycles. The average molecular weight is 173 g/mol. The minimum absolute atomic E-state index is 0.132. The van der Waals surface area contributed by atoms with Crippen molar-refractivity contribution in [2.45, 2.75) is 19.1 Å². The van der Waals surface area contributed by atoms with Crippen molar-refractivity contribution in [3.63, 3.8) is 0 Å². The molecule has 0 amide bonds. The quantitative estimate of drug-likeness (QED) is 0.478. The third kappa shape index (κ3) is 3.28. The third-order valence-corrected chi connectivity index (χ3v) is 2.31. The monoisotopic (exact) mass is 173 g/mol. The van der Waals surface area contributed by atoms with Crippen LogP contribution in [0.3, 0.4) is 0 Å². The summed E-state index contributed by atoms with van der Waals surface area (Å²) in [7, 11) is 1.33. The van der Waals surface area contributed by atoms with Gasteiger partial charge in [0.1, 0.15) is 10.7 Å². The fourth-order valence-corrected chi connectivity index (χ4v) is 1.21. The normalized spacial score (nSPS) is 12.3. The van der Waals surface area contributed by atoms with Crippen LogP contribution >= 0.6 is 11.8 Å². The second-order valence-corrected chi connectivity index (χ2v) is 3.32. The van der Waals surface area contributed by atoms with E-state index >= 15 is 0 Å². The molecule has 0 fully saturated rings. The van der Waals surface area contributed by atoms with E-state index in [-0.39, 0.29) is 17.1 Å². The molecule has 0 aliphatic heterocycles. The summed E-state index contributed by atoms with van der Waals surface area (Å²) in [5, 5.41) is 9.86. The molecule has 0 rings (SSSR count). The third-order valence-electron chi connectivity index (χ3n) is 1.22. The van der Waals surface area contributed by atoms with E-state index in [0.29, 0.717) is 0 Å². The van der Waals surface area contributed by atoms with Crippen molar-refractivity contribution in [3.05, 3.63) is 0 Å². The Kier molecular flexibility index (Phi) is 4.71. The molecule has 0 radical (unpaired) electrons. The molecule has 1 atom stereocenters. The number of nitrogens with zero attached hydrogens (tertiary/aromatic N) is 1. The van der Waals surface area contributed by atoms with E-state index in [1.54, 1.807) is 0 Å². The maximum Gasteiger partial charge on any atom is 0.320 e. The number of nitriles is 1. The van der Waals surface area contributed by atoms with Gasteiger partial charge in [0, 0.05) is 0 Å². The van der Waals surface area contributed by atoms with E-state index in [2.05, 4.69) is 4.74 Å². The first-order valence-electron chi connectivity index (χ1n) is 3.26. The van der Waals surface area contributed by atoms with Gasteiger partial charge in [0.15, 0.2) is 0 Å². The average Bonchev–Trinajstić information content (AvgIpc) is 1.98.